The monoisotopic (exact) mass is 327 g/mol. The Balaban J connectivity index is 1.49. The van der Waals surface area contributed by atoms with Gasteiger partial charge in [-0.05, 0) is 62.8 Å². The molecule has 2 heterocycles. The van der Waals surface area contributed by atoms with Gasteiger partial charge in [0.1, 0.15) is 11.6 Å². The summed E-state index contributed by atoms with van der Waals surface area (Å²) in [6, 6.07) is 8.51. The zero-order chi connectivity index (χ0) is 16.8. The minimum atomic E-state index is 0.797. The lowest BCUT2D eigenvalue weighted by Crippen LogP contribution is -2.35. The molecule has 0 amide bonds. The Bertz CT molecular complexity index is 620. The predicted octanol–water partition coefficient (Wildman–Crippen LogP) is 3.76. The van der Waals surface area contributed by atoms with Crippen molar-refractivity contribution < 1.29 is 4.74 Å². The molecule has 1 fully saturated rings. The van der Waals surface area contributed by atoms with Crippen molar-refractivity contribution in [2.75, 3.05) is 20.2 Å². The summed E-state index contributed by atoms with van der Waals surface area (Å²) in [5, 5.41) is 0. The number of aromatic nitrogens is 2. The molecule has 1 unspecified atom stereocenters. The average Bonchev–Trinajstić information content (AvgIpc) is 3.08. The van der Waals surface area contributed by atoms with Crippen LogP contribution in [0.1, 0.15) is 37.6 Å². The van der Waals surface area contributed by atoms with Crippen LogP contribution in [-0.4, -0.2) is 34.7 Å². The van der Waals surface area contributed by atoms with Gasteiger partial charge < -0.3 is 9.30 Å². The highest BCUT2D eigenvalue weighted by atomic mass is 16.5. The van der Waals surface area contributed by atoms with E-state index < -0.39 is 0 Å². The molecule has 24 heavy (non-hydrogen) atoms. The van der Waals surface area contributed by atoms with Crippen LogP contribution in [0.4, 0.5) is 0 Å². The molecule has 4 heteroatoms. The Hall–Kier alpha value is -1.81. The number of likely N-dealkylation sites (tertiary alicyclic amines) is 1. The number of aryl methyl sites for hydroxylation is 2. The summed E-state index contributed by atoms with van der Waals surface area (Å²) in [4.78, 5) is 7.11. The van der Waals surface area contributed by atoms with Gasteiger partial charge in [0.2, 0.25) is 0 Å². The predicted molar refractivity (Wildman–Crippen MR) is 97.2 cm³/mol. The number of methoxy groups -OCH3 is 1. The van der Waals surface area contributed by atoms with Crippen LogP contribution in [-0.2, 0) is 19.5 Å². The number of imidazole rings is 1. The molecule has 1 aliphatic rings. The van der Waals surface area contributed by atoms with Gasteiger partial charge in [0, 0.05) is 25.5 Å². The first-order chi connectivity index (χ1) is 11.8. The van der Waals surface area contributed by atoms with Crippen molar-refractivity contribution in [3.05, 3.63) is 48.0 Å². The molecule has 0 saturated carbocycles. The number of hydrogen-bond acceptors (Lipinski definition) is 3. The van der Waals surface area contributed by atoms with E-state index in [2.05, 4.69) is 51.8 Å². The Morgan fingerprint density at radius 2 is 2.08 bits per heavy atom. The number of nitrogens with zero attached hydrogens (tertiary/aromatic N) is 3. The molecular formula is C20H29N3O. The fraction of sp³-hybridized carbons (Fsp3) is 0.550. The summed E-state index contributed by atoms with van der Waals surface area (Å²) >= 11 is 0. The Kier molecular flexibility index (Phi) is 5.91. The van der Waals surface area contributed by atoms with E-state index in [9.17, 15) is 0 Å². The summed E-state index contributed by atoms with van der Waals surface area (Å²) < 4.78 is 7.48. The quantitative estimate of drug-likeness (QED) is 0.776. The summed E-state index contributed by atoms with van der Waals surface area (Å²) in [5.74, 6) is 2.94. The minimum Gasteiger partial charge on any atom is -0.497 e. The van der Waals surface area contributed by atoms with E-state index in [4.69, 9.17) is 4.74 Å². The van der Waals surface area contributed by atoms with E-state index in [1.54, 1.807) is 7.11 Å². The molecule has 0 spiro atoms. The number of hydrogen-bond donors (Lipinski definition) is 0. The van der Waals surface area contributed by atoms with E-state index >= 15 is 0 Å². The van der Waals surface area contributed by atoms with Gasteiger partial charge >= 0.3 is 0 Å². The van der Waals surface area contributed by atoms with Crippen molar-refractivity contribution in [1.82, 2.24) is 14.5 Å². The summed E-state index contributed by atoms with van der Waals surface area (Å²) in [5.41, 5.74) is 1.41. The van der Waals surface area contributed by atoms with Crippen LogP contribution in [0.2, 0.25) is 0 Å². The summed E-state index contributed by atoms with van der Waals surface area (Å²) in [7, 11) is 1.72. The van der Waals surface area contributed by atoms with Gasteiger partial charge in [0.25, 0.3) is 0 Å². The highest BCUT2D eigenvalue weighted by Gasteiger charge is 2.21. The molecule has 4 nitrogen and oxygen atoms in total. The molecular weight excluding hydrogens is 298 g/mol. The van der Waals surface area contributed by atoms with Crippen molar-refractivity contribution in [1.29, 1.82) is 0 Å². The van der Waals surface area contributed by atoms with Gasteiger partial charge in [-0.25, -0.2) is 4.98 Å². The zero-order valence-electron chi connectivity index (χ0n) is 14.9. The molecule has 1 aliphatic heterocycles. The molecule has 2 aromatic rings. The topological polar surface area (TPSA) is 30.3 Å². The normalized spacial score (nSPS) is 18.7. The number of ether oxygens (including phenoxy) is 1. The van der Waals surface area contributed by atoms with Gasteiger partial charge in [0.05, 0.1) is 13.7 Å². The van der Waals surface area contributed by atoms with Gasteiger partial charge in [-0.3, -0.25) is 4.90 Å². The molecule has 130 valence electrons. The SMILES string of the molecule is CCn1ccnc1CN1CCCC(CCc2ccc(OC)cc2)C1. The van der Waals surface area contributed by atoms with Crippen LogP contribution in [0.15, 0.2) is 36.7 Å². The average molecular weight is 327 g/mol. The van der Waals surface area contributed by atoms with E-state index in [0.717, 1.165) is 31.2 Å². The number of piperidine rings is 1. The van der Waals surface area contributed by atoms with E-state index in [1.807, 2.05) is 6.20 Å². The second kappa shape index (κ2) is 8.34. The fourth-order valence-electron chi connectivity index (χ4n) is 3.67. The third kappa shape index (κ3) is 4.38. The minimum absolute atomic E-state index is 0.797. The van der Waals surface area contributed by atoms with Crippen molar-refractivity contribution in [3.63, 3.8) is 0 Å². The maximum Gasteiger partial charge on any atom is 0.122 e. The lowest BCUT2D eigenvalue weighted by atomic mass is 9.91. The first kappa shape index (κ1) is 17.0. The van der Waals surface area contributed by atoms with E-state index in [1.165, 1.54) is 43.7 Å². The van der Waals surface area contributed by atoms with Gasteiger partial charge in [-0.2, -0.15) is 0 Å². The van der Waals surface area contributed by atoms with Gasteiger partial charge in [-0.15, -0.1) is 0 Å². The molecule has 1 aromatic heterocycles. The smallest absolute Gasteiger partial charge is 0.122 e. The molecule has 1 aromatic carbocycles. The largest absolute Gasteiger partial charge is 0.497 e. The van der Waals surface area contributed by atoms with Crippen LogP contribution in [0.25, 0.3) is 0 Å². The van der Waals surface area contributed by atoms with Crippen LogP contribution in [0.5, 0.6) is 5.75 Å². The van der Waals surface area contributed by atoms with Gasteiger partial charge in [-0.1, -0.05) is 12.1 Å². The standard InChI is InChI=1S/C20H29N3O/c1-3-23-14-12-21-20(23)16-22-13-4-5-18(15-22)7-6-17-8-10-19(24-2)11-9-17/h8-12,14,18H,3-7,13,15-16H2,1-2H3. The molecule has 3 rings (SSSR count). The molecule has 0 N–H and O–H groups in total. The molecule has 0 aliphatic carbocycles. The third-order valence-corrected chi connectivity index (χ3v) is 5.11. The number of rotatable bonds is 7. The lowest BCUT2D eigenvalue weighted by Gasteiger charge is -2.32. The van der Waals surface area contributed by atoms with Gasteiger partial charge in [0.15, 0.2) is 0 Å². The lowest BCUT2D eigenvalue weighted by molar-refractivity contribution is 0.157. The Morgan fingerprint density at radius 3 is 2.83 bits per heavy atom. The molecule has 1 saturated heterocycles. The van der Waals surface area contributed by atoms with Crippen molar-refractivity contribution in [2.24, 2.45) is 5.92 Å². The second-order valence-corrected chi connectivity index (χ2v) is 6.76. The van der Waals surface area contributed by atoms with Crippen molar-refractivity contribution in [3.8, 4) is 5.75 Å². The summed E-state index contributed by atoms with van der Waals surface area (Å²) in [6.07, 6.45) is 9.09. The second-order valence-electron chi connectivity index (χ2n) is 6.76. The Labute approximate surface area is 145 Å². The summed E-state index contributed by atoms with van der Waals surface area (Å²) in [6.45, 7) is 6.57. The van der Waals surface area contributed by atoms with Crippen LogP contribution in [0.3, 0.4) is 0 Å². The van der Waals surface area contributed by atoms with E-state index in [0.29, 0.717) is 0 Å². The molecule has 0 bridgehead atoms. The van der Waals surface area contributed by atoms with Crippen molar-refractivity contribution >= 4 is 0 Å². The Morgan fingerprint density at radius 1 is 1.25 bits per heavy atom. The number of benzene rings is 1. The highest BCUT2D eigenvalue weighted by molar-refractivity contribution is 5.27. The highest BCUT2D eigenvalue weighted by Crippen LogP contribution is 2.23. The van der Waals surface area contributed by atoms with Crippen LogP contribution < -0.4 is 4.74 Å². The zero-order valence-corrected chi connectivity index (χ0v) is 14.9. The molecule has 1 atom stereocenters. The van der Waals surface area contributed by atoms with E-state index in [-0.39, 0.29) is 0 Å². The first-order valence-electron chi connectivity index (χ1n) is 9.13. The maximum absolute atomic E-state index is 5.23. The third-order valence-electron chi connectivity index (χ3n) is 5.11. The van der Waals surface area contributed by atoms with Crippen molar-refractivity contribution in [2.45, 2.75) is 45.7 Å². The fourth-order valence-corrected chi connectivity index (χ4v) is 3.67. The molecule has 0 radical (unpaired) electrons. The van der Waals surface area contributed by atoms with Crippen LogP contribution in [0, 0.1) is 5.92 Å². The maximum atomic E-state index is 5.23. The van der Waals surface area contributed by atoms with Crippen LogP contribution >= 0.6 is 0 Å². The first-order valence-corrected chi connectivity index (χ1v) is 9.13.